The highest BCUT2D eigenvalue weighted by Crippen LogP contribution is 2.28. The van der Waals surface area contributed by atoms with Gasteiger partial charge in [0.2, 0.25) is 0 Å². The fourth-order valence-electron chi connectivity index (χ4n) is 2.80. The molecule has 1 heterocycles. The molecule has 0 bridgehead atoms. The Morgan fingerprint density at radius 2 is 1.68 bits per heavy atom. The van der Waals surface area contributed by atoms with Crippen LogP contribution in [0.3, 0.4) is 0 Å². The maximum Gasteiger partial charge on any atom is 0.259 e. The van der Waals surface area contributed by atoms with Crippen LogP contribution < -0.4 is 11.1 Å². The monoisotopic (exact) mass is 316 g/mol. The third-order valence-corrected chi connectivity index (χ3v) is 3.84. The molecule has 3 rings (SSSR count). The zero-order valence-corrected chi connectivity index (χ0v) is 12.7. The number of imide groups is 1. The van der Waals surface area contributed by atoms with Crippen molar-refractivity contribution in [1.29, 1.82) is 0 Å². The van der Waals surface area contributed by atoms with Crippen molar-refractivity contribution in [3.05, 3.63) is 70.8 Å². The van der Waals surface area contributed by atoms with Gasteiger partial charge in [-0.15, -0.1) is 12.4 Å². The van der Waals surface area contributed by atoms with Crippen LogP contribution >= 0.6 is 12.4 Å². The van der Waals surface area contributed by atoms with Crippen LogP contribution in [0.1, 0.15) is 37.8 Å². The van der Waals surface area contributed by atoms with Crippen molar-refractivity contribution < 1.29 is 9.59 Å². The van der Waals surface area contributed by atoms with Crippen LogP contribution in [0.25, 0.3) is 0 Å². The summed E-state index contributed by atoms with van der Waals surface area (Å²) in [5.41, 5.74) is 8.85. The topological polar surface area (TPSA) is 72.2 Å². The third-order valence-electron chi connectivity index (χ3n) is 3.84. The summed E-state index contributed by atoms with van der Waals surface area (Å²) in [6.07, 6.45) is 0.745. The molecule has 0 fully saturated rings. The van der Waals surface area contributed by atoms with E-state index in [1.54, 1.807) is 12.1 Å². The average Bonchev–Trinajstić information content (AvgIpc) is 2.81. The summed E-state index contributed by atoms with van der Waals surface area (Å²) in [4.78, 5) is 23.7. The Hall–Kier alpha value is -2.17. The molecule has 2 amide bonds. The highest BCUT2D eigenvalue weighted by molar-refractivity contribution is 6.22. The van der Waals surface area contributed by atoms with Gasteiger partial charge in [0.15, 0.2) is 0 Å². The van der Waals surface area contributed by atoms with Gasteiger partial charge in [-0.2, -0.15) is 0 Å². The first-order valence-corrected chi connectivity index (χ1v) is 6.93. The molecular weight excluding hydrogens is 300 g/mol. The second-order valence-electron chi connectivity index (χ2n) is 5.18. The summed E-state index contributed by atoms with van der Waals surface area (Å²) < 4.78 is 0. The van der Waals surface area contributed by atoms with Crippen molar-refractivity contribution in [1.82, 2.24) is 5.32 Å². The maximum absolute atomic E-state index is 12.0. The summed E-state index contributed by atoms with van der Waals surface area (Å²) in [5, 5.41) is 2.35. The number of carbonyl (C=O) groups excluding carboxylic acids is 2. The van der Waals surface area contributed by atoms with Gasteiger partial charge in [-0.3, -0.25) is 14.9 Å². The molecule has 0 unspecified atom stereocenters. The van der Waals surface area contributed by atoms with Crippen LogP contribution in [0.15, 0.2) is 48.5 Å². The molecule has 22 heavy (non-hydrogen) atoms. The molecule has 114 valence electrons. The highest BCUT2D eigenvalue weighted by atomic mass is 35.5. The molecule has 2 aromatic carbocycles. The number of nitrogens with one attached hydrogen (secondary N) is 1. The summed E-state index contributed by atoms with van der Waals surface area (Å²) in [7, 11) is 0. The average molecular weight is 317 g/mol. The van der Waals surface area contributed by atoms with E-state index in [-0.39, 0.29) is 30.1 Å². The van der Waals surface area contributed by atoms with Gasteiger partial charge < -0.3 is 5.73 Å². The van der Waals surface area contributed by atoms with E-state index in [0.29, 0.717) is 17.7 Å². The van der Waals surface area contributed by atoms with Crippen molar-refractivity contribution in [3.8, 4) is 0 Å². The zero-order chi connectivity index (χ0) is 14.8. The first kappa shape index (κ1) is 16.2. The molecule has 0 saturated carbocycles. The molecule has 1 atom stereocenters. The number of hydrogen-bond donors (Lipinski definition) is 2. The van der Waals surface area contributed by atoms with E-state index in [1.165, 1.54) is 0 Å². The Morgan fingerprint density at radius 3 is 2.36 bits per heavy atom. The van der Waals surface area contributed by atoms with Crippen LogP contribution in [0.5, 0.6) is 0 Å². The lowest BCUT2D eigenvalue weighted by Crippen LogP contribution is -2.22. The first-order chi connectivity index (χ1) is 10.2. The van der Waals surface area contributed by atoms with E-state index >= 15 is 0 Å². The van der Waals surface area contributed by atoms with E-state index in [1.807, 2.05) is 36.4 Å². The lowest BCUT2D eigenvalue weighted by Gasteiger charge is -2.17. The van der Waals surface area contributed by atoms with Gasteiger partial charge >= 0.3 is 0 Å². The normalized spacial score (nSPS) is 14.0. The molecule has 0 aromatic heterocycles. The first-order valence-electron chi connectivity index (χ1n) is 6.93. The number of nitrogens with two attached hydrogens (primary N) is 1. The molecule has 2 aromatic rings. The number of benzene rings is 2. The van der Waals surface area contributed by atoms with Gasteiger partial charge in [-0.05, 0) is 30.2 Å². The quantitative estimate of drug-likeness (QED) is 0.850. The second-order valence-corrected chi connectivity index (χ2v) is 5.18. The Kier molecular flexibility index (Phi) is 4.96. The fraction of sp³-hybridized carbons (Fsp3) is 0.176. The van der Waals surface area contributed by atoms with E-state index in [4.69, 9.17) is 5.73 Å². The maximum atomic E-state index is 12.0. The Bertz CT molecular complexity index is 701. The third kappa shape index (κ3) is 2.89. The molecule has 3 N–H and O–H groups in total. The summed E-state index contributed by atoms with van der Waals surface area (Å²) in [6.45, 7) is 0.423. The van der Waals surface area contributed by atoms with Crippen molar-refractivity contribution >= 4 is 24.2 Å². The fourth-order valence-corrected chi connectivity index (χ4v) is 2.80. The molecule has 1 aliphatic heterocycles. The minimum absolute atomic E-state index is 0. The van der Waals surface area contributed by atoms with Crippen LogP contribution in [0.4, 0.5) is 0 Å². The van der Waals surface area contributed by atoms with Gasteiger partial charge in [-0.25, -0.2) is 0 Å². The van der Waals surface area contributed by atoms with Crippen LogP contribution in [0, 0.1) is 0 Å². The number of fused-ring (bicyclic) bond motifs is 1. The molecule has 0 radical (unpaired) electrons. The van der Waals surface area contributed by atoms with Crippen LogP contribution in [0.2, 0.25) is 0 Å². The molecule has 4 nitrogen and oxygen atoms in total. The molecule has 1 aliphatic rings. The van der Waals surface area contributed by atoms with E-state index in [2.05, 4.69) is 5.32 Å². The SMILES string of the molecule is Cl.NC[C@@H](Cc1ccccc1)c1cccc2c1C(=O)NC2=O. The lowest BCUT2D eigenvalue weighted by atomic mass is 9.87. The number of amides is 2. The molecule has 0 aliphatic carbocycles. The number of carbonyl (C=O) groups is 2. The van der Waals surface area contributed by atoms with Crippen molar-refractivity contribution in [2.24, 2.45) is 5.73 Å². The number of halogens is 1. The van der Waals surface area contributed by atoms with Crippen molar-refractivity contribution in [2.45, 2.75) is 12.3 Å². The Balaban J connectivity index is 0.00000176. The van der Waals surface area contributed by atoms with E-state index in [9.17, 15) is 9.59 Å². The van der Waals surface area contributed by atoms with E-state index < -0.39 is 0 Å². The van der Waals surface area contributed by atoms with Crippen molar-refractivity contribution in [2.75, 3.05) is 6.54 Å². The predicted octanol–water partition coefficient (Wildman–Crippen LogP) is 2.28. The summed E-state index contributed by atoms with van der Waals surface area (Å²) >= 11 is 0. The van der Waals surface area contributed by atoms with Gasteiger partial charge in [0, 0.05) is 5.92 Å². The van der Waals surface area contributed by atoms with Crippen molar-refractivity contribution in [3.63, 3.8) is 0 Å². The standard InChI is InChI=1S/C17H16N2O2.ClH/c18-10-12(9-11-5-2-1-3-6-11)13-7-4-8-14-15(13)17(21)19-16(14)20;/h1-8,12H,9-10,18H2,(H,19,20,21);1H/t12-;/m1./s1. The largest absolute Gasteiger partial charge is 0.330 e. The minimum Gasteiger partial charge on any atom is -0.330 e. The summed E-state index contributed by atoms with van der Waals surface area (Å²) in [6, 6.07) is 15.4. The predicted molar refractivity (Wildman–Crippen MR) is 87.4 cm³/mol. The van der Waals surface area contributed by atoms with Crippen LogP contribution in [-0.4, -0.2) is 18.4 Å². The van der Waals surface area contributed by atoms with Gasteiger partial charge in [0.25, 0.3) is 11.8 Å². The molecular formula is C17H17ClN2O2. The van der Waals surface area contributed by atoms with E-state index in [0.717, 1.165) is 17.5 Å². The smallest absolute Gasteiger partial charge is 0.259 e. The Labute approximate surface area is 135 Å². The minimum atomic E-state index is -0.327. The zero-order valence-electron chi connectivity index (χ0n) is 11.9. The Morgan fingerprint density at radius 1 is 0.955 bits per heavy atom. The lowest BCUT2D eigenvalue weighted by molar-refractivity contribution is 0.0879. The molecule has 5 heteroatoms. The number of rotatable bonds is 4. The van der Waals surface area contributed by atoms with Gasteiger partial charge in [-0.1, -0.05) is 42.5 Å². The van der Waals surface area contributed by atoms with Gasteiger partial charge in [0.1, 0.15) is 0 Å². The number of hydrogen-bond acceptors (Lipinski definition) is 3. The van der Waals surface area contributed by atoms with Gasteiger partial charge in [0.05, 0.1) is 11.1 Å². The second kappa shape index (κ2) is 6.73. The molecule has 0 spiro atoms. The molecule has 0 saturated heterocycles. The summed E-state index contributed by atoms with van der Waals surface area (Å²) in [5.74, 6) is -0.636. The van der Waals surface area contributed by atoms with Crippen LogP contribution in [-0.2, 0) is 6.42 Å². The highest BCUT2D eigenvalue weighted by Gasteiger charge is 2.31.